The molecule has 18 heavy (non-hydrogen) atoms. The summed E-state index contributed by atoms with van der Waals surface area (Å²) < 4.78 is 18.2. The number of aromatic amines is 1. The van der Waals surface area contributed by atoms with E-state index in [1.165, 1.54) is 16.8 Å². The monoisotopic (exact) mass is 254 g/mol. The van der Waals surface area contributed by atoms with Crippen molar-refractivity contribution < 1.29 is 14.2 Å². The fourth-order valence-corrected chi connectivity index (χ4v) is 2.39. The van der Waals surface area contributed by atoms with Gasteiger partial charge in [0, 0.05) is 12.3 Å². The number of hydrogen-bond acceptors (Lipinski definition) is 5. The molecule has 2 saturated heterocycles. The van der Waals surface area contributed by atoms with Crippen molar-refractivity contribution in [1.29, 1.82) is 0 Å². The van der Waals surface area contributed by atoms with Gasteiger partial charge < -0.3 is 14.2 Å². The molecule has 1 aromatic heterocycles. The number of H-pyrrole nitrogens is 1. The van der Waals surface area contributed by atoms with E-state index < -0.39 is 23.3 Å². The normalized spacial score (nSPS) is 33.6. The first kappa shape index (κ1) is 11.6. The van der Waals surface area contributed by atoms with Crippen LogP contribution >= 0.6 is 0 Å². The van der Waals surface area contributed by atoms with Gasteiger partial charge in [-0.25, -0.2) is 4.79 Å². The molecule has 98 valence electrons. The zero-order valence-electron chi connectivity index (χ0n) is 10.1. The molecule has 1 N–H and O–H groups in total. The van der Waals surface area contributed by atoms with Crippen LogP contribution in [-0.4, -0.2) is 34.2 Å². The highest BCUT2D eigenvalue weighted by Gasteiger charge is 2.51. The lowest BCUT2D eigenvalue weighted by atomic mass is 10.2. The molecule has 0 bridgehead atoms. The molecule has 3 atom stereocenters. The van der Waals surface area contributed by atoms with E-state index in [9.17, 15) is 9.59 Å². The van der Waals surface area contributed by atoms with Crippen LogP contribution in [0.25, 0.3) is 0 Å². The van der Waals surface area contributed by atoms with E-state index in [-0.39, 0.29) is 12.2 Å². The minimum absolute atomic E-state index is 0.191. The Kier molecular flexibility index (Phi) is 2.44. The van der Waals surface area contributed by atoms with Crippen molar-refractivity contribution in [2.45, 2.75) is 38.1 Å². The predicted molar refractivity (Wildman–Crippen MR) is 60.1 cm³/mol. The Morgan fingerprint density at radius 1 is 1.39 bits per heavy atom. The van der Waals surface area contributed by atoms with Gasteiger partial charge in [0.2, 0.25) is 0 Å². The lowest BCUT2D eigenvalue weighted by Gasteiger charge is -2.22. The molecule has 7 nitrogen and oxygen atoms in total. The van der Waals surface area contributed by atoms with Crippen LogP contribution in [0.5, 0.6) is 0 Å². The molecule has 7 heteroatoms. The third-order valence-electron chi connectivity index (χ3n) is 3.06. The van der Waals surface area contributed by atoms with E-state index in [0.717, 1.165) is 0 Å². The Labute approximate surface area is 102 Å². The molecule has 2 aliphatic rings. The molecule has 0 unspecified atom stereocenters. The van der Waals surface area contributed by atoms with E-state index in [0.29, 0.717) is 6.61 Å². The second-order valence-electron chi connectivity index (χ2n) is 4.88. The molecule has 0 aliphatic carbocycles. The maximum Gasteiger partial charge on any atom is 0.330 e. The minimum Gasteiger partial charge on any atom is -0.352 e. The minimum atomic E-state index is -0.677. The molecule has 0 saturated carbocycles. The van der Waals surface area contributed by atoms with Gasteiger partial charge in [-0.1, -0.05) is 0 Å². The highest BCUT2D eigenvalue weighted by molar-refractivity contribution is 4.94. The predicted octanol–water partition coefficient (Wildman–Crippen LogP) is -0.415. The van der Waals surface area contributed by atoms with Crippen LogP contribution in [0, 0.1) is 0 Å². The van der Waals surface area contributed by atoms with Gasteiger partial charge in [0.1, 0.15) is 12.2 Å². The summed E-state index contributed by atoms with van der Waals surface area (Å²) in [6.45, 7) is 4.00. The summed E-state index contributed by atoms with van der Waals surface area (Å²) in [7, 11) is 0. The summed E-state index contributed by atoms with van der Waals surface area (Å²) in [4.78, 5) is 24.9. The number of aromatic nitrogens is 2. The average Bonchev–Trinajstić information content (AvgIpc) is 2.74. The highest BCUT2D eigenvalue weighted by atomic mass is 16.8. The lowest BCUT2D eigenvalue weighted by Crippen LogP contribution is -2.37. The van der Waals surface area contributed by atoms with Crippen LogP contribution in [0.4, 0.5) is 0 Å². The number of nitrogens with one attached hydrogen (secondary N) is 1. The van der Waals surface area contributed by atoms with Gasteiger partial charge in [0.05, 0.1) is 6.61 Å². The molecule has 0 radical (unpaired) electrons. The van der Waals surface area contributed by atoms with Gasteiger partial charge in [-0.3, -0.25) is 14.3 Å². The summed E-state index contributed by atoms with van der Waals surface area (Å²) in [5.41, 5.74) is -0.948. The molecular weight excluding hydrogens is 240 g/mol. The lowest BCUT2D eigenvalue weighted by molar-refractivity contribution is -0.184. The van der Waals surface area contributed by atoms with Gasteiger partial charge in [0.15, 0.2) is 12.0 Å². The molecular formula is C11H14N2O5. The first-order valence-electron chi connectivity index (χ1n) is 5.75. The largest absolute Gasteiger partial charge is 0.352 e. The molecule has 1 aromatic rings. The van der Waals surface area contributed by atoms with Crippen LogP contribution in [0.2, 0.25) is 0 Å². The fraction of sp³-hybridized carbons (Fsp3) is 0.636. The van der Waals surface area contributed by atoms with Crippen LogP contribution in [-0.2, 0) is 14.2 Å². The molecule has 2 aliphatic heterocycles. The third kappa shape index (κ3) is 1.80. The average molecular weight is 254 g/mol. The molecule has 0 spiro atoms. The van der Waals surface area contributed by atoms with Gasteiger partial charge in [-0.2, -0.15) is 0 Å². The number of rotatable bonds is 1. The van der Waals surface area contributed by atoms with E-state index in [1.54, 1.807) is 0 Å². The van der Waals surface area contributed by atoms with Crippen molar-refractivity contribution in [3.8, 4) is 0 Å². The highest BCUT2D eigenvalue weighted by Crippen LogP contribution is 2.38. The first-order chi connectivity index (χ1) is 8.46. The Balaban J connectivity index is 1.94. The van der Waals surface area contributed by atoms with E-state index >= 15 is 0 Å². The van der Waals surface area contributed by atoms with Gasteiger partial charge >= 0.3 is 5.69 Å². The van der Waals surface area contributed by atoms with E-state index in [2.05, 4.69) is 4.98 Å². The summed E-state index contributed by atoms with van der Waals surface area (Å²) in [5.74, 6) is -0.677. The molecule has 2 fully saturated rings. The fourth-order valence-electron chi connectivity index (χ4n) is 2.39. The molecule has 3 rings (SSSR count). The number of nitrogens with zero attached hydrogens (tertiary/aromatic N) is 1. The van der Waals surface area contributed by atoms with Gasteiger partial charge in [0.25, 0.3) is 5.56 Å². The second-order valence-corrected chi connectivity index (χ2v) is 4.88. The Morgan fingerprint density at radius 2 is 2.17 bits per heavy atom. The topological polar surface area (TPSA) is 82.6 Å². The molecule has 0 amide bonds. The van der Waals surface area contributed by atoms with Crippen molar-refractivity contribution in [3.05, 3.63) is 33.1 Å². The molecule has 0 aromatic carbocycles. The quantitative estimate of drug-likeness (QED) is 0.736. The summed E-state index contributed by atoms with van der Waals surface area (Å²) in [6, 6.07) is 1.28. The zero-order valence-corrected chi connectivity index (χ0v) is 10.1. The summed E-state index contributed by atoms with van der Waals surface area (Å²) >= 11 is 0. The summed E-state index contributed by atoms with van der Waals surface area (Å²) in [5, 5.41) is 0. The van der Waals surface area contributed by atoms with Crippen molar-refractivity contribution in [2.75, 3.05) is 6.61 Å². The second kappa shape index (κ2) is 3.78. The standard InChI is InChI=1S/C11H14N2O5/c1-11(2)17-6-5-16-9(8(6)18-11)13-4-3-7(14)12-10(13)15/h3-4,6,8-9H,5H2,1-2H3,(H,12,14,15)/t6-,8-,9-/m1/s1. The van der Waals surface area contributed by atoms with Crippen LogP contribution < -0.4 is 11.2 Å². The Hall–Kier alpha value is -1.44. The first-order valence-corrected chi connectivity index (χ1v) is 5.75. The number of hydrogen-bond donors (Lipinski definition) is 1. The smallest absolute Gasteiger partial charge is 0.330 e. The number of fused-ring (bicyclic) bond motifs is 1. The van der Waals surface area contributed by atoms with E-state index in [1.807, 2.05) is 13.8 Å². The Bertz CT molecular complexity index is 575. The van der Waals surface area contributed by atoms with Crippen molar-refractivity contribution in [1.82, 2.24) is 9.55 Å². The Morgan fingerprint density at radius 3 is 2.89 bits per heavy atom. The van der Waals surface area contributed by atoms with Crippen LogP contribution in [0.3, 0.4) is 0 Å². The third-order valence-corrected chi connectivity index (χ3v) is 3.06. The van der Waals surface area contributed by atoms with Gasteiger partial charge in [-0.15, -0.1) is 0 Å². The zero-order chi connectivity index (χ0) is 12.9. The number of ether oxygens (including phenoxy) is 3. The van der Waals surface area contributed by atoms with Crippen LogP contribution in [0.1, 0.15) is 20.1 Å². The van der Waals surface area contributed by atoms with Crippen molar-refractivity contribution in [2.24, 2.45) is 0 Å². The van der Waals surface area contributed by atoms with Crippen molar-refractivity contribution in [3.63, 3.8) is 0 Å². The SMILES string of the molecule is CC1(C)O[C@H]2[C@H](n3ccc(=O)[nH]c3=O)OC[C@H]2O1. The van der Waals surface area contributed by atoms with Crippen LogP contribution in [0.15, 0.2) is 21.9 Å². The maximum atomic E-state index is 11.7. The summed E-state index contributed by atoms with van der Waals surface area (Å²) in [6.07, 6.45) is 0.302. The molecule has 3 heterocycles. The van der Waals surface area contributed by atoms with Gasteiger partial charge in [-0.05, 0) is 13.8 Å². The van der Waals surface area contributed by atoms with E-state index in [4.69, 9.17) is 14.2 Å². The maximum absolute atomic E-state index is 11.7. The van der Waals surface area contributed by atoms with Crippen molar-refractivity contribution >= 4 is 0 Å².